The molecular formula is C15H22N4. The molecule has 4 nitrogen and oxygen atoms in total. The summed E-state index contributed by atoms with van der Waals surface area (Å²) in [5.74, 6) is 0.982. The Morgan fingerprint density at radius 2 is 2.00 bits per heavy atom. The zero-order valence-electron chi connectivity index (χ0n) is 11.7. The fourth-order valence-electron chi connectivity index (χ4n) is 3.88. The van der Waals surface area contributed by atoms with Crippen molar-refractivity contribution in [3.63, 3.8) is 0 Å². The summed E-state index contributed by atoms with van der Waals surface area (Å²) >= 11 is 0. The summed E-state index contributed by atoms with van der Waals surface area (Å²) in [7, 11) is 0. The van der Waals surface area contributed by atoms with E-state index >= 15 is 0 Å². The molecule has 2 aliphatic heterocycles. The predicted molar refractivity (Wildman–Crippen MR) is 75.5 cm³/mol. The first-order chi connectivity index (χ1) is 9.26. The van der Waals surface area contributed by atoms with Crippen LogP contribution in [0, 0.1) is 12.3 Å². The molecule has 102 valence electrons. The summed E-state index contributed by atoms with van der Waals surface area (Å²) in [6.07, 6.45) is 6.22. The van der Waals surface area contributed by atoms with Gasteiger partial charge in [-0.25, -0.2) is 9.97 Å². The Labute approximate surface area is 114 Å². The fraction of sp³-hybridized carbons (Fsp3) is 0.733. The summed E-state index contributed by atoms with van der Waals surface area (Å²) in [6.45, 7) is 6.78. The van der Waals surface area contributed by atoms with Gasteiger partial charge in [-0.1, -0.05) is 0 Å². The average Bonchev–Trinajstić information content (AvgIpc) is 2.86. The van der Waals surface area contributed by atoms with Crippen LogP contribution in [-0.4, -0.2) is 36.1 Å². The molecule has 1 N–H and O–H groups in total. The van der Waals surface area contributed by atoms with Gasteiger partial charge in [0.15, 0.2) is 0 Å². The highest BCUT2D eigenvalue weighted by atomic mass is 15.3. The van der Waals surface area contributed by atoms with Crippen molar-refractivity contribution in [3.05, 3.63) is 17.0 Å². The number of nitrogens with one attached hydrogen (secondary N) is 1. The Morgan fingerprint density at radius 3 is 2.79 bits per heavy atom. The zero-order chi connectivity index (χ0) is 12.9. The van der Waals surface area contributed by atoms with E-state index in [-0.39, 0.29) is 0 Å². The van der Waals surface area contributed by atoms with Crippen LogP contribution < -0.4 is 10.2 Å². The molecule has 0 atom stereocenters. The van der Waals surface area contributed by atoms with Gasteiger partial charge in [0.25, 0.3) is 0 Å². The molecule has 3 heterocycles. The molecule has 2 fully saturated rings. The highest BCUT2D eigenvalue weighted by Gasteiger charge is 2.46. The Hall–Kier alpha value is -1.16. The van der Waals surface area contributed by atoms with E-state index in [2.05, 4.69) is 17.1 Å². The number of anilines is 1. The summed E-state index contributed by atoms with van der Waals surface area (Å²) < 4.78 is 0. The van der Waals surface area contributed by atoms with Gasteiger partial charge in [-0.05, 0) is 51.1 Å². The molecular weight excluding hydrogens is 236 g/mol. The van der Waals surface area contributed by atoms with Crippen molar-refractivity contribution in [1.82, 2.24) is 15.3 Å². The van der Waals surface area contributed by atoms with E-state index in [1.54, 1.807) is 0 Å². The number of aromatic nitrogens is 2. The molecule has 19 heavy (non-hydrogen) atoms. The third-order valence-corrected chi connectivity index (χ3v) is 5.05. The monoisotopic (exact) mass is 258 g/mol. The van der Waals surface area contributed by atoms with Crippen LogP contribution >= 0.6 is 0 Å². The van der Waals surface area contributed by atoms with Gasteiger partial charge in [0.1, 0.15) is 0 Å². The molecule has 4 heteroatoms. The molecule has 0 radical (unpaired) electrons. The molecule has 0 unspecified atom stereocenters. The minimum Gasteiger partial charge on any atom is -0.339 e. The van der Waals surface area contributed by atoms with Gasteiger partial charge in [0.05, 0.1) is 0 Å². The first-order valence-corrected chi connectivity index (χ1v) is 7.58. The lowest BCUT2D eigenvalue weighted by Gasteiger charge is -2.48. The average molecular weight is 258 g/mol. The molecule has 1 aliphatic carbocycles. The molecule has 4 rings (SSSR count). The number of hydrogen-bond donors (Lipinski definition) is 1. The SMILES string of the molecule is Cc1nc(N2CC3(CCNC3)C2)nc2c1CCCC2. The molecule has 0 saturated carbocycles. The predicted octanol–water partition coefficient (Wildman–Crippen LogP) is 1.46. The number of aryl methyl sites for hydroxylation is 2. The minimum absolute atomic E-state index is 0.521. The third-order valence-electron chi connectivity index (χ3n) is 5.05. The smallest absolute Gasteiger partial charge is 0.225 e. The van der Waals surface area contributed by atoms with Gasteiger partial charge >= 0.3 is 0 Å². The maximum Gasteiger partial charge on any atom is 0.225 e. The molecule has 0 aromatic carbocycles. The van der Waals surface area contributed by atoms with E-state index in [1.807, 2.05) is 0 Å². The normalized spacial score (nSPS) is 24.4. The number of nitrogens with zero attached hydrogens (tertiary/aromatic N) is 3. The van der Waals surface area contributed by atoms with E-state index in [0.29, 0.717) is 5.41 Å². The highest BCUT2D eigenvalue weighted by Crippen LogP contribution is 2.38. The lowest BCUT2D eigenvalue weighted by Crippen LogP contribution is -2.58. The van der Waals surface area contributed by atoms with Crippen LogP contribution in [0.25, 0.3) is 0 Å². The first kappa shape index (κ1) is 11.6. The first-order valence-electron chi connectivity index (χ1n) is 7.58. The van der Waals surface area contributed by atoms with E-state index < -0.39 is 0 Å². The molecule has 0 bridgehead atoms. The van der Waals surface area contributed by atoms with Crippen molar-refractivity contribution in [2.45, 2.75) is 39.0 Å². The Morgan fingerprint density at radius 1 is 1.16 bits per heavy atom. The molecule has 1 aromatic rings. The number of fused-ring (bicyclic) bond motifs is 1. The van der Waals surface area contributed by atoms with E-state index in [0.717, 1.165) is 25.5 Å². The molecule has 1 aromatic heterocycles. The van der Waals surface area contributed by atoms with Crippen molar-refractivity contribution in [2.24, 2.45) is 5.41 Å². The standard InChI is InChI=1S/C15H22N4/c1-11-12-4-2-3-5-13(12)18-14(17-11)19-9-15(10-19)6-7-16-8-15/h16H,2-10H2,1H3. The van der Waals surface area contributed by atoms with E-state index in [1.165, 1.54) is 55.7 Å². The van der Waals surface area contributed by atoms with Crippen LogP contribution in [0.15, 0.2) is 0 Å². The summed E-state index contributed by atoms with van der Waals surface area (Å²) in [6, 6.07) is 0. The maximum absolute atomic E-state index is 4.85. The van der Waals surface area contributed by atoms with Gasteiger partial charge < -0.3 is 10.2 Å². The Bertz CT molecular complexity index is 497. The van der Waals surface area contributed by atoms with Gasteiger partial charge in [-0.15, -0.1) is 0 Å². The van der Waals surface area contributed by atoms with Crippen molar-refractivity contribution in [1.29, 1.82) is 0 Å². The van der Waals surface area contributed by atoms with Crippen LogP contribution in [0.1, 0.15) is 36.2 Å². The summed E-state index contributed by atoms with van der Waals surface area (Å²) in [4.78, 5) is 12.0. The number of hydrogen-bond acceptors (Lipinski definition) is 4. The third kappa shape index (κ3) is 1.84. The lowest BCUT2D eigenvalue weighted by molar-refractivity contribution is 0.239. The highest BCUT2D eigenvalue weighted by molar-refractivity contribution is 5.42. The maximum atomic E-state index is 4.85. The van der Waals surface area contributed by atoms with Gasteiger partial charge in [0.2, 0.25) is 5.95 Å². The summed E-state index contributed by atoms with van der Waals surface area (Å²) in [5.41, 5.74) is 4.48. The topological polar surface area (TPSA) is 41.1 Å². The molecule has 2 saturated heterocycles. The van der Waals surface area contributed by atoms with Crippen LogP contribution in [0.2, 0.25) is 0 Å². The van der Waals surface area contributed by atoms with Gasteiger partial charge in [-0.2, -0.15) is 0 Å². The second-order valence-corrected chi connectivity index (χ2v) is 6.52. The summed E-state index contributed by atoms with van der Waals surface area (Å²) in [5, 5.41) is 3.48. The second kappa shape index (κ2) is 4.17. The van der Waals surface area contributed by atoms with Crippen molar-refractivity contribution < 1.29 is 0 Å². The van der Waals surface area contributed by atoms with Crippen molar-refractivity contribution in [2.75, 3.05) is 31.1 Å². The van der Waals surface area contributed by atoms with E-state index in [4.69, 9.17) is 9.97 Å². The minimum atomic E-state index is 0.521. The Kier molecular flexibility index (Phi) is 2.56. The van der Waals surface area contributed by atoms with Crippen molar-refractivity contribution >= 4 is 5.95 Å². The Balaban J connectivity index is 1.58. The quantitative estimate of drug-likeness (QED) is 0.828. The number of rotatable bonds is 1. The second-order valence-electron chi connectivity index (χ2n) is 6.52. The fourth-order valence-corrected chi connectivity index (χ4v) is 3.88. The lowest BCUT2D eigenvalue weighted by atomic mass is 9.79. The zero-order valence-corrected chi connectivity index (χ0v) is 11.7. The molecule has 0 amide bonds. The molecule has 3 aliphatic rings. The van der Waals surface area contributed by atoms with Crippen LogP contribution in [0.3, 0.4) is 0 Å². The van der Waals surface area contributed by atoms with Crippen LogP contribution in [-0.2, 0) is 12.8 Å². The van der Waals surface area contributed by atoms with Crippen LogP contribution in [0.4, 0.5) is 5.95 Å². The van der Waals surface area contributed by atoms with Gasteiger partial charge in [0, 0.05) is 36.4 Å². The van der Waals surface area contributed by atoms with Gasteiger partial charge in [-0.3, -0.25) is 0 Å². The largest absolute Gasteiger partial charge is 0.339 e. The van der Waals surface area contributed by atoms with E-state index in [9.17, 15) is 0 Å². The molecule has 1 spiro atoms. The van der Waals surface area contributed by atoms with Crippen LogP contribution in [0.5, 0.6) is 0 Å². The van der Waals surface area contributed by atoms with Crippen molar-refractivity contribution in [3.8, 4) is 0 Å².